The van der Waals surface area contributed by atoms with E-state index in [9.17, 15) is 14.4 Å². The summed E-state index contributed by atoms with van der Waals surface area (Å²) in [5.41, 5.74) is 0.762. The average Bonchev–Trinajstić information content (AvgIpc) is 2.50. The molecule has 0 spiro atoms. The molecule has 0 fully saturated rings. The quantitative estimate of drug-likeness (QED) is 0.793. The first-order valence-corrected chi connectivity index (χ1v) is 6.36. The maximum absolute atomic E-state index is 12.0. The van der Waals surface area contributed by atoms with E-state index in [-0.39, 0.29) is 18.6 Å². The van der Waals surface area contributed by atoms with Crippen LogP contribution in [0.5, 0.6) is 0 Å². The number of hydrogen-bond donors (Lipinski definition) is 1. The minimum Gasteiger partial charge on any atom is -0.467 e. The van der Waals surface area contributed by atoms with Crippen LogP contribution in [0.25, 0.3) is 0 Å². The number of ketones is 1. The van der Waals surface area contributed by atoms with Gasteiger partial charge < -0.3 is 14.8 Å². The lowest BCUT2D eigenvalue weighted by Crippen LogP contribution is -2.41. The third-order valence-corrected chi connectivity index (χ3v) is 2.85. The lowest BCUT2D eigenvalue weighted by atomic mass is 10.1. The van der Waals surface area contributed by atoms with Crippen LogP contribution in [-0.4, -0.2) is 30.8 Å². The number of hydrogen-bond acceptors (Lipinski definition) is 5. The van der Waals surface area contributed by atoms with Gasteiger partial charge in [-0.15, -0.1) is 0 Å². The number of esters is 1. The molecule has 1 N–H and O–H groups in total. The maximum atomic E-state index is 12.0. The molecule has 1 rings (SSSR count). The van der Waals surface area contributed by atoms with Crippen LogP contribution in [0.4, 0.5) is 0 Å². The van der Waals surface area contributed by atoms with Gasteiger partial charge in [-0.25, -0.2) is 4.79 Å². The smallest absolute Gasteiger partial charge is 0.328 e. The molecule has 0 aliphatic carbocycles. The first kappa shape index (κ1) is 16.4. The Morgan fingerprint density at radius 3 is 2.38 bits per heavy atom. The molecule has 1 aromatic rings. The monoisotopic (exact) mass is 288 g/mol. The van der Waals surface area contributed by atoms with Crippen molar-refractivity contribution >= 4 is 17.7 Å². The molecule has 6 nitrogen and oxygen atoms in total. The summed E-state index contributed by atoms with van der Waals surface area (Å²) in [6, 6.07) is 7.09. The van der Waals surface area contributed by atoms with Gasteiger partial charge in [0.15, 0.2) is 0 Å². The molecule has 1 atom stereocenters. The predicted molar refractivity (Wildman–Crippen MR) is 74.3 cm³/mol. The number of methoxy groups -OCH3 is 1. The highest BCUT2D eigenvalue weighted by molar-refractivity contribution is 5.97. The average molecular weight is 288 g/mol. The van der Waals surface area contributed by atoms with Crippen molar-refractivity contribution in [3.63, 3.8) is 0 Å². The summed E-state index contributed by atoms with van der Waals surface area (Å²) in [6.45, 7) is 1.41. The van der Waals surface area contributed by atoms with E-state index in [4.69, 9.17) is 5.26 Å². The van der Waals surface area contributed by atoms with Crippen LogP contribution in [0.1, 0.15) is 35.7 Å². The van der Waals surface area contributed by atoms with Crippen LogP contribution in [0.3, 0.4) is 0 Å². The molecule has 1 aromatic carbocycles. The van der Waals surface area contributed by atoms with Gasteiger partial charge >= 0.3 is 5.97 Å². The molecular formula is C15H16N2O4. The van der Waals surface area contributed by atoms with Gasteiger partial charge in [0.25, 0.3) is 5.91 Å². The molecule has 6 heteroatoms. The molecular weight excluding hydrogens is 272 g/mol. The van der Waals surface area contributed by atoms with Gasteiger partial charge in [0.2, 0.25) is 0 Å². The second-order valence-corrected chi connectivity index (χ2v) is 4.48. The molecule has 110 valence electrons. The minimum atomic E-state index is -0.873. The Morgan fingerprint density at radius 1 is 1.29 bits per heavy atom. The van der Waals surface area contributed by atoms with E-state index in [1.807, 2.05) is 6.07 Å². The molecule has 1 amide bonds. The van der Waals surface area contributed by atoms with E-state index in [0.717, 1.165) is 0 Å². The summed E-state index contributed by atoms with van der Waals surface area (Å²) in [5, 5.41) is 11.2. The van der Waals surface area contributed by atoms with Gasteiger partial charge in [-0.3, -0.25) is 4.79 Å². The molecule has 0 heterocycles. The third-order valence-electron chi connectivity index (χ3n) is 2.85. The fourth-order valence-corrected chi connectivity index (χ4v) is 1.68. The number of nitriles is 1. The lowest BCUT2D eigenvalue weighted by Gasteiger charge is -2.15. The highest BCUT2D eigenvalue weighted by Crippen LogP contribution is 2.06. The van der Waals surface area contributed by atoms with Crippen molar-refractivity contribution in [1.29, 1.82) is 5.26 Å². The molecule has 21 heavy (non-hydrogen) atoms. The standard InChI is InChI=1S/C15H16N2O4/c1-10(18)3-8-13(15(20)21-2)17-14(19)12-6-4-11(9-16)5-7-12/h4-7,13H,3,8H2,1-2H3,(H,17,19)/t13-/m0/s1. The maximum Gasteiger partial charge on any atom is 0.328 e. The molecule has 0 aliphatic rings. The van der Waals surface area contributed by atoms with Gasteiger partial charge in [0.05, 0.1) is 18.7 Å². The Morgan fingerprint density at radius 2 is 1.90 bits per heavy atom. The van der Waals surface area contributed by atoms with Crippen molar-refractivity contribution in [2.75, 3.05) is 7.11 Å². The largest absolute Gasteiger partial charge is 0.467 e. The molecule has 0 radical (unpaired) electrons. The first-order chi connectivity index (χ1) is 9.97. The molecule has 0 aromatic heterocycles. The van der Waals surface area contributed by atoms with Crippen LogP contribution in [-0.2, 0) is 14.3 Å². The van der Waals surface area contributed by atoms with Crippen LogP contribution >= 0.6 is 0 Å². The van der Waals surface area contributed by atoms with E-state index in [1.54, 1.807) is 0 Å². The van der Waals surface area contributed by atoms with Crippen molar-refractivity contribution in [2.24, 2.45) is 0 Å². The van der Waals surface area contributed by atoms with Crippen LogP contribution in [0, 0.1) is 11.3 Å². The van der Waals surface area contributed by atoms with Crippen molar-refractivity contribution in [3.8, 4) is 6.07 Å². The van der Waals surface area contributed by atoms with Crippen LogP contribution in [0.15, 0.2) is 24.3 Å². The van der Waals surface area contributed by atoms with Crippen molar-refractivity contribution < 1.29 is 19.1 Å². The van der Waals surface area contributed by atoms with Crippen molar-refractivity contribution in [1.82, 2.24) is 5.32 Å². The van der Waals surface area contributed by atoms with E-state index >= 15 is 0 Å². The second-order valence-electron chi connectivity index (χ2n) is 4.48. The first-order valence-electron chi connectivity index (χ1n) is 6.36. The Bertz CT molecular complexity index is 572. The van der Waals surface area contributed by atoms with Gasteiger partial charge in [0, 0.05) is 12.0 Å². The summed E-state index contributed by atoms with van der Waals surface area (Å²) >= 11 is 0. The van der Waals surface area contributed by atoms with E-state index in [1.165, 1.54) is 38.3 Å². The molecule has 0 unspecified atom stereocenters. The number of Topliss-reactive ketones (excluding diaryl/α,β-unsaturated/α-hetero) is 1. The minimum absolute atomic E-state index is 0.0727. The zero-order valence-electron chi connectivity index (χ0n) is 11.9. The van der Waals surface area contributed by atoms with Crippen LogP contribution in [0.2, 0.25) is 0 Å². The Labute approximate surface area is 122 Å². The topological polar surface area (TPSA) is 96.3 Å². The molecule has 0 bridgehead atoms. The number of nitrogens with zero attached hydrogens (tertiary/aromatic N) is 1. The zero-order valence-corrected chi connectivity index (χ0v) is 11.9. The summed E-state index contributed by atoms with van der Waals surface area (Å²) in [5.74, 6) is -1.13. The zero-order chi connectivity index (χ0) is 15.8. The van der Waals surface area contributed by atoms with Gasteiger partial charge in [-0.05, 0) is 37.6 Å². The summed E-state index contributed by atoms with van der Waals surface area (Å²) in [7, 11) is 1.22. The Kier molecular flexibility index (Phi) is 6.08. The fraction of sp³-hybridized carbons (Fsp3) is 0.333. The Balaban J connectivity index is 2.76. The number of amides is 1. The SMILES string of the molecule is COC(=O)[C@H](CCC(C)=O)NC(=O)c1ccc(C#N)cc1. The molecule has 0 aliphatic heterocycles. The number of carbonyl (C=O) groups is 3. The summed E-state index contributed by atoms with van der Waals surface area (Å²) < 4.78 is 4.61. The summed E-state index contributed by atoms with van der Waals surface area (Å²) in [6.07, 6.45) is 0.359. The number of ether oxygens (including phenoxy) is 1. The lowest BCUT2D eigenvalue weighted by molar-refractivity contribution is -0.143. The van der Waals surface area contributed by atoms with E-state index in [2.05, 4.69) is 10.1 Å². The fourth-order valence-electron chi connectivity index (χ4n) is 1.68. The van der Waals surface area contributed by atoms with Crippen molar-refractivity contribution in [2.45, 2.75) is 25.8 Å². The Hall–Kier alpha value is -2.68. The van der Waals surface area contributed by atoms with Gasteiger partial charge in [-0.1, -0.05) is 0 Å². The summed E-state index contributed by atoms with van der Waals surface area (Å²) in [4.78, 5) is 34.6. The van der Waals surface area contributed by atoms with Crippen molar-refractivity contribution in [3.05, 3.63) is 35.4 Å². The third kappa shape index (κ3) is 5.07. The number of nitrogens with one attached hydrogen (secondary N) is 1. The van der Waals surface area contributed by atoms with E-state index in [0.29, 0.717) is 11.1 Å². The number of rotatable bonds is 6. The number of benzene rings is 1. The second kappa shape index (κ2) is 7.80. The molecule has 0 saturated heterocycles. The highest BCUT2D eigenvalue weighted by atomic mass is 16.5. The number of carbonyl (C=O) groups excluding carboxylic acids is 3. The normalized spacial score (nSPS) is 11.1. The molecule has 0 saturated carbocycles. The highest BCUT2D eigenvalue weighted by Gasteiger charge is 2.22. The van der Waals surface area contributed by atoms with E-state index < -0.39 is 17.9 Å². The van der Waals surface area contributed by atoms with Gasteiger partial charge in [-0.2, -0.15) is 5.26 Å². The van der Waals surface area contributed by atoms with Crippen LogP contribution < -0.4 is 5.32 Å². The van der Waals surface area contributed by atoms with Gasteiger partial charge in [0.1, 0.15) is 11.8 Å². The predicted octanol–water partition coefficient (Wildman–Crippen LogP) is 1.20.